The Kier molecular flexibility index (Phi) is 1.63. The van der Waals surface area contributed by atoms with Gasteiger partial charge < -0.3 is 0 Å². The molecule has 0 aliphatic heterocycles. The molecule has 0 aromatic rings. The highest BCUT2D eigenvalue weighted by molar-refractivity contribution is 6.47. The standard InChI is InChI=1S/C6H3NO4/c8-5-3-1-2-4(6(5)9)7(10)11/h1-3H. The molecule has 0 radical (unpaired) electrons. The smallest absolute Gasteiger partial charge is 0.285 e. The molecule has 0 bridgehead atoms. The molecule has 5 nitrogen and oxygen atoms in total. The second kappa shape index (κ2) is 2.45. The van der Waals surface area contributed by atoms with Crippen LogP contribution in [0.5, 0.6) is 0 Å². The number of nitro groups is 1. The van der Waals surface area contributed by atoms with Crippen LogP contribution >= 0.6 is 0 Å². The van der Waals surface area contributed by atoms with Crippen LogP contribution in [-0.2, 0) is 9.59 Å². The summed E-state index contributed by atoms with van der Waals surface area (Å²) in [5, 5.41) is 10.0. The van der Waals surface area contributed by atoms with Crippen LogP contribution in [0, 0.1) is 10.1 Å². The van der Waals surface area contributed by atoms with E-state index >= 15 is 0 Å². The lowest BCUT2D eigenvalue weighted by molar-refractivity contribution is -0.418. The van der Waals surface area contributed by atoms with E-state index in [0.717, 1.165) is 12.2 Å². The molecule has 0 spiro atoms. The van der Waals surface area contributed by atoms with Gasteiger partial charge in [-0.05, 0) is 6.08 Å². The third-order valence-corrected chi connectivity index (χ3v) is 1.15. The van der Waals surface area contributed by atoms with Crippen LogP contribution in [0.2, 0.25) is 0 Å². The number of carbonyl (C=O) groups excluding carboxylic acids is 2. The van der Waals surface area contributed by atoms with E-state index in [9.17, 15) is 19.7 Å². The third kappa shape index (κ3) is 1.21. The Bertz CT molecular complexity index is 300. The molecule has 11 heavy (non-hydrogen) atoms. The lowest BCUT2D eigenvalue weighted by atomic mass is 10.1. The van der Waals surface area contributed by atoms with E-state index < -0.39 is 22.2 Å². The summed E-state index contributed by atoms with van der Waals surface area (Å²) >= 11 is 0. The Morgan fingerprint density at radius 2 is 2.00 bits per heavy atom. The molecule has 0 aromatic carbocycles. The zero-order valence-corrected chi connectivity index (χ0v) is 5.31. The second-order valence-electron chi connectivity index (χ2n) is 1.86. The van der Waals surface area contributed by atoms with Crippen molar-refractivity contribution < 1.29 is 14.5 Å². The Morgan fingerprint density at radius 1 is 1.36 bits per heavy atom. The SMILES string of the molecule is O=C1C=CC=C([N+](=O)[O-])C1=O. The van der Waals surface area contributed by atoms with Gasteiger partial charge in [0.2, 0.25) is 5.78 Å². The summed E-state index contributed by atoms with van der Waals surface area (Å²) in [6.45, 7) is 0. The van der Waals surface area contributed by atoms with Gasteiger partial charge in [-0.15, -0.1) is 0 Å². The highest BCUT2D eigenvalue weighted by atomic mass is 16.6. The van der Waals surface area contributed by atoms with Crippen LogP contribution in [-0.4, -0.2) is 16.5 Å². The number of carbonyl (C=O) groups is 2. The number of hydrogen-bond acceptors (Lipinski definition) is 4. The van der Waals surface area contributed by atoms with Gasteiger partial charge in [0.15, 0.2) is 0 Å². The van der Waals surface area contributed by atoms with Crippen molar-refractivity contribution >= 4 is 11.6 Å². The molecular weight excluding hydrogens is 150 g/mol. The van der Waals surface area contributed by atoms with Gasteiger partial charge in [-0.2, -0.15) is 0 Å². The number of ketones is 2. The molecule has 1 aliphatic rings. The fourth-order valence-corrected chi connectivity index (χ4v) is 0.648. The topological polar surface area (TPSA) is 77.3 Å². The van der Waals surface area contributed by atoms with Crippen molar-refractivity contribution in [2.24, 2.45) is 0 Å². The number of nitrogens with zero attached hydrogens (tertiary/aromatic N) is 1. The van der Waals surface area contributed by atoms with E-state index in [1.807, 2.05) is 0 Å². The summed E-state index contributed by atoms with van der Waals surface area (Å²) in [5.41, 5.74) is -0.669. The summed E-state index contributed by atoms with van der Waals surface area (Å²) in [6, 6.07) is 0. The average Bonchev–Trinajstić information content (AvgIpc) is 1.94. The maximum atomic E-state index is 10.7. The summed E-state index contributed by atoms with van der Waals surface area (Å²) in [7, 11) is 0. The van der Waals surface area contributed by atoms with Crippen molar-refractivity contribution in [3.8, 4) is 0 Å². The van der Waals surface area contributed by atoms with Crippen LogP contribution in [0.1, 0.15) is 0 Å². The molecular formula is C6H3NO4. The Balaban J connectivity index is 3.06. The summed E-state index contributed by atoms with van der Waals surface area (Å²) < 4.78 is 0. The molecule has 0 amide bonds. The maximum absolute atomic E-state index is 10.7. The largest absolute Gasteiger partial charge is 0.320 e. The summed E-state index contributed by atoms with van der Waals surface area (Å²) in [6.07, 6.45) is 3.18. The van der Waals surface area contributed by atoms with E-state index in [-0.39, 0.29) is 0 Å². The highest BCUT2D eigenvalue weighted by Gasteiger charge is 2.28. The van der Waals surface area contributed by atoms with Crippen molar-refractivity contribution in [2.75, 3.05) is 0 Å². The summed E-state index contributed by atoms with van der Waals surface area (Å²) in [5.74, 6) is -1.91. The molecule has 1 aliphatic carbocycles. The normalized spacial score (nSPS) is 16.5. The molecule has 0 saturated heterocycles. The van der Waals surface area contributed by atoms with Crippen molar-refractivity contribution in [1.29, 1.82) is 0 Å². The van der Waals surface area contributed by atoms with Crippen molar-refractivity contribution in [1.82, 2.24) is 0 Å². The van der Waals surface area contributed by atoms with Gasteiger partial charge in [-0.1, -0.05) is 6.08 Å². The molecule has 5 heteroatoms. The van der Waals surface area contributed by atoms with E-state index in [2.05, 4.69) is 0 Å². The molecule has 0 N–H and O–H groups in total. The summed E-state index contributed by atoms with van der Waals surface area (Å²) in [4.78, 5) is 30.4. The van der Waals surface area contributed by atoms with Crippen molar-refractivity contribution in [2.45, 2.75) is 0 Å². The Morgan fingerprint density at radius 3 is 2.45 bits per heavy atom. The first-order valence-corrected chi connectivity index (χ1v) is 2.74. The lowest BCUT2D eigenvalue weighted by Crippen LogP contribution is -2.21. The van der Waals surface area contributed by atoms with E-state index in [0.29, 0.717) is 0 Å². The Labute approximate surface area is 61.2 Å². The molecule has 0 atom stereocenters. The van der Waals surface area contributed by atoms with Gasteiger partial charge in [-0.3, -0.25) is 19.7 Å². The number of rotatable bonds is 1. The van der Waals surface area contributed by atoms with Crippen LogP contribution in [0.25, 0.3) is 0 Å². The van der Waals surface area contributed by atoms with E-state index in [1.54, 1.807) is 0 Å². The molecule has 0 unspecified atom stereocenters. The van der Waals surface area contributed by atoms with Crippen LogP contribution in [0.15, 0.2) is 23.9 Å². The van der Waals surface area contributed by atoms with Crippen LogP contribution in [0.4, 0.5) is 0 Å². The van der Waals surface area contributed by atoms with Gasteiger partial charge in [-0.25, -0.2) is 0 Å². The predicted molar refractivity (Wildman–Crippen MR) is 34.2 cm³/mol. The van der Waals surface area contributed by atoms with E-state index in [4.69, 9.17) is 0 Å². The maximum Gasteiger partial charge on any atom is 0.320 e. The van der Waals surface area contributed by atoms with Crippen LogP contribution < -0.4 is 0 Å². The minimum absolute atomic E-state index is 0.669. The fraction of sp³-hybridized carbons (Fsp3) is 0. The number of allylic oxidation sites excluding steroid dienone is 4. The fourth-order valence-electron chi connectivity index (χ4n) is 0.648. The average molecular weight is 153 g/mol. The van der Waals surface area contributed by atoms with Gasteiger partial charge in [0.1, 0.15) is 0 Å². The minimum Gasteiger partial charge on any atom is -0.285 e. The zero-order valence-electron chi connectivity index (χ0n) is 5.31. The zero-order chi connectivity index (χ0) is 8.43. The minimum atomic E-state index is -1.06. The number of hydrogen-bond donors (Lipinski definition) is 0. The molecule has 0 saturated carbocycles. The lowest BCUT2D eigenvalue weighted by Gasteiger charge is -1.95. The first-order chi connectivity index (χ1) is 5.13. The van der Waals surface area contributed by atoms with Gasteiger partial charge in [0, 0.05) is 6.08 Å². The van der Waals surface area contributed by atoms with Crippen molar-refractivity contribution in [3.63, 3.8) is 0 Å². The molecule has 1 rings (SSSR count). The highest BCUT2D eigenvalue weighted by Crippen LogP contribution is 2.04. The van der Waals surface area contributed by atoms with Crippen LogP contribution in [0.3, 0.4) is 0 Å². The Hall–Kier alpha value is -1.78. The quantitative estimate of drug-likeness (QED) is 0.227. The van der Waals surface area contributed by atoms with Gasteiger partial charge in [0.05, 0.1) is 4.92 Å². The first kappa shape index (κ1) is 7.33. The molecule has 0 fully saturated rings. The monoisotopic (exact) mass is 153 g/mol. The third-order valence-electron chi connectivity index (χ3n) is 1.15. The molecule has 0 heterocycles. The van der Waals surface area contributed by atoms with Gasteiger partial charge >= 0.3 is 11.5 Å². The predicted octanol–water partition coefficient (Wildman–Crippen LogP) is -0.145. The first-order valence-electron chi connectivity index (χ1n) is 2.74. The van der Waals surface area contributed by atoms with Gasteiger partial charge in [0.25, 0.3) is 0 Å². The van der Waals surface area contributed by atoms with Crippen molar-refractivity contribution in [3.05, 3.63) is 34.0 Å². The molecule has 0 aromatic heterocycles. The second-order valence-corrected chi connectivity index (χ2v) is 1.86. The number of Topliss-reactive ketones (excluding diaryl/α,β-unsaturated/α-hetero) is 1. The van der Waals surface area contributed by atoms with E-state index in [1.165, 1.54) is 6.08 Å². The molecule has 56 valence electrons.